The number of rotatable bonds is 10. The van der Waals surface area contributed by atoms with Crippen molar-refractivity contribution in [2.45, 2.75) is 44.7 Å². The van der Waals surface area contributed by atoms with Crippen molar-refractivity contribution >= 4 is 39.1 Å². The van der Waals surface area contributed by atoms with Gasteiger partial charge in [-0.2, -0.15) is 0 Å². The molecular formula is C28H32ClN3O4S. The maximum atomic E-state index is 13.9. The smallest absolute Gasteiger partial charge is 0.264 e. The van der Waals surface area contributed by atoms with E-state index >= 15 is 0 Å². The minimum absolute atomic E-state index is 0.0837. The molecule has 0 unspecified atom stereocenters. The van der Waals surface area contributed by atoms with E-state index in [1.54, 1.807) is 55.5 Å². The molecule has 2 amide bonds. The Balaban J connectivity index is 2.06. The number of aryl methyl sites for hydroxylation is 2. The van der Waals surface area contributed by atoms with E-state index in [-0.39, 0.29) is 17.3 Å². The molecule has 0 spiro atoms. The molecule has 0 aliphatic rings. The Kier molecular flexibility index (Phi) is 9.34. The largest absolute Gasteiger partial charge is 0.357 e. The molecule has 37 heavy (non-hydrogen) atoms. The van der Waals surface area contributed by atoms with Gasteiger partial charge in [0, 0.05) is 18.6 Å². The summed E-state index contributed by atoms with van der Waals surface area (Å²) in [6.45, 7) is 5.06. The van der Waals surface area contributed by atoms with Crippen LogP contribution in [-0.4, -0.2) is 44.8 Å². The van der Waals surface area contributed by atoms with Crippen molar-refractivity contribution in [3.63, 3.8) is 0 Å². The summed E-state index contributed by atoms with van der Waals surface area (Å²) < 4.78 is 28.9. The lowest BCUT2D eigenvalue weighted by atomic mass is 10.1. The summed E-state index contributed by atoms with van der Waals surface area (Å²) in [6, 6.07) is 19.8. The van der Waals surface area contributed by atoms with Crippen LogP contribution in [0, 0.1) is 6.92 Å². The first-order valence-electron chi connectivity index (χ1n) is 12.0. The van der Waals surface area contributed by atoms with Crippen molar-refractivity contribution in [2.75, 3.05) is 17.9 Å². The summed E-state index contributed by atoms with van der Waals surface area (Å²) in [4.78, 5) is 27.8. The Hall–Kier alpha value is -3.36. The lowest BCUT2D eigenvalue weighted by Crippen LogP contribution is -2.50. The van der Waals surface area contributed by atoms with Crippen molar-refractivity contribution < 1.29 is 18.0 Å². The molecule has 0 saturated carbocycles. The Morgan fingerprint density at radius 2 is 1.59 bits per heavy atom. The highest BCUT2D eigenvalue weighted by Gasteiger charge is 2.33. The van der Waals surface area contributed by atoms with Crippen LogP contribution in [0.2, 0.25) is 5.02 Å². The quantitative estimate of drug-likeness (QED) is 0.407. The number of benzene rings is 3. The number of nitrogens with zero attached hydrogens (tertiary/aromatic N) is 2. The van der Waals surface area contributed by atoms with Crippen LogP contribution in [-0.2, 0) is 32.6 Å². The van der Waals surface area contributed by atoms with Crippen molar-refractivity contribution in [3.05, 3.63) is 94.5 Å². The molecule has 9 heteroatoms. The van der Waals surface area contributed by atoms with Gasteiger partial charge in [-0.05, 0) is 61.7 Å². The van der Waals surface area contributed by atoms with Gasteiger partial charge in [-0.25, -0.2) is 8.42 Å². The van der Waals surface area contributed by atoms with E-state index in [0.29, 0.717) is 17.1 Å². The molecule has 0 bridgehead atoms. The Morgan fingerprint density at radius 1 is 0.973 bits per heavy atom. The van der Waals surface area contributed by atoms with E-state index < -0.39 is 28.5 Å². The second-order valence-electron chi connectivity index (χ2n) is 8.75. The summed E-state index contributed by atoms with van der Waals surface area (Å²) in [7, 11) is -2.60. The van der Waals surface area contributed by atoms with Crippen molar-refractivity contribution in [1.82, 2.24) is 10.2 Å². The molecular weight excluding hydrogens is 510 g/mol. The molecule has 1 atom stereocenters. The second-order valence-corrected chi connectivity index (χ2v) is 11.0. The van der Waals surface area contributed by atoms with Crippen LogP contribution < -0.4 is 9.62 Å². The summed E-state index contributed by atoms with van der Waals surface area (Å²) in [5.74, 6) is -0.864. The molecule has 0 aliphatic heterocycles. The monoisotopic (exact) mass is 541 g/mol. The lowest BCUT2D eigenvalue weighted by Gasteiger charge is -2.32. The highest BCUT2D eigenvalue weighted by atomic mass is 35.5. The van der Waals surface area contributed by atoms with Crippen LogP contribution in [0.25, 0.3) is 0 Å². The van der Waals surface area contributed by atoms with Crippen molar-refractivity contribution in [1.29, 1.82) is 0 Å². The highest BCUT2D eigenvalue weighted by molar-refractivity contribution is 7.92. The number of para-hydroxylation sites is 1. The first kappa shape index (κ1) is 28.2. The van der Waals surface area contributed by atoms with Crippen molar-refractivity contribution in [3.8, 4) is 0 Å². The van der Waals surface area contributed by atoms with E-state index in [4.69, 9.17) is 11.6 Å². The molecule has 3 aromatic rings. The number of anilines is 1. The Morgan fingerprint density at radius 3 is 2.19 bits per heavy atom. The number of carbonyl (C=O) groups is 2. The topological polar surface area (TPSA) is 86.8 Å². The maximum Gasteiger partial charge on any atom is 0.264 e. The molecule has 1 N–H and O–H groups in total. The average molecular weight is 542 g/mol. The fourth-order valence-electron chi connectivity index (χ4n) is 3.98. The summed E-state index contributed by atoms with van der Waals surface area (Å²) in [5.41, 5.74) is 2.90. The third-order valence-electron chi connectivity index (χ3n) is 6.21. The lowest BCUT2D eigenvalue weighted by molar-refractivity contribution is -0.139. The number of nitrogens with one attached hydrogen (secondary N) is 1. The van der Waals surface area contributed by atoms with E-state index in [1.807, 2.05) is 26.0 Å². The molecule has 0 heterocycles. The number of sulfonamides is 1. The van der Waals surface area contributed by atoms with Gasteiger partial charge in [-0.15, -0.1) is 0 Å². The first-order valence-corrected chi connectivity index (χ1v) is 13.8. The van der Waals surface area contributed by atoms with Gasteiger partial charge in [0.25, 0.3) is 10.0 Å². The predicted molar refractivity (Wildman–Crippen MR) is 147 cm³/mol. The Bertz CT molecular complexity index is 1340. The van der Waals surface area contributed by atoms with Gasteiger partial charge in [-0.3, -0.25) is 13.9 Å². The molecule has 0 saturated heterocycles. The van der Waals surface area contributed by atoms with Gasteiger partial charge in [0.1, 0.15) is 12.6 Å². The normalized spacial score (nSPS) is 12.0. The van der Waals surface area contributed by atoms with Crippen LogP contribution in [0.15, 0.2) is 77.7 Å². The summed E-state index contributed by atoms with van der Waals surface area (Å²) >= 11 is 6.01. The van der Waals surface area contributed by atoms with Gasteiger partial charge < -0.3 is 10.2 Å². The van der Waals surface area contributed by atoms with Crippen LogP contribution in [0.4, 0.5) is 5.69 Å². The maximum absolute atomic E-state index is 13.9. The molecule has 196 valence electrons. The van der Waals surface area contributed by atoms with Gasteiger partial charge in [0.2, 0.25) is 11.8 Å². The first-order chi connectivity index (χ1) is 17.6. The molecule has 0 aromatic heterocycles. The standard InChI is InChI=1S/C28H32ClN3O4S/c1-5-23-8-6-7-9-26(23)32(37(35,36)25-16-10-20(2)11-17-25)19-27(33)31(21(3)28(34)30-4)18-22-12-14-24(29)15-13-22/h6-17,21H,5,18-19H2,1-4H3,(H,30,34)/t21-/m0/s1. The third kappa shape index (κ3) is 6.70. The SMILES string of the molecule is CCc1ccccc1N(CC(=O)N(Cc1ccc(Cl)cc1)[C@@H](C)C(=O)NC)S(=O)(=O)c1ccc(C)cc1. The third-order valence-corrected chi connectivity index (χ3v) is 8.23. The highest BCUT2D eigenvalue weighted by Crippen LogP contribution is 2.28. The summed E-state index contributed by atoms with van der Waals surface area (Å²) in [5, 5.41) is 3.12. The second kappa shape index (κ2) is 12.3. The number of amides is 2. The molecule has 3 aromatic carbocycles. The minimum Gasteiger partial charge on any atom is -0.357 e. The fraction of sp³-hybridized carbons (Fsp3) is 0.286. The van der Waals surface area contributed by atoms with Crippen LogP contribution >= 0.6 is 11.6 Å². The zero-order valence-electron chi connectivity index (χ0n) is 21.4. The van der Waals surface area contributed by atoms with E-state index in [9.17, 15) is 18.0 Å². The van der Waals surface area contributed by atoms with E-state index in [2.05, 4.69) is 5.32 Å². The molecule has 0 aliphatic carbocycles. The average Bonchev–Trinajstić information content (AvgIpc) is 2.90. The van der Waals surface area contributed by atoms with E-state index in [1.165, 1.54) is 24.1 Å². The zero-order chi connectivity index (χ0) is 27.2. The Labute approximate surface area is 224 Å². The van der Waals surface area contributed by atoms with Gasteiger partial charge in [0.15, 0.2) is 0 Å². The van der Waals surface area contributed by atoms with Gasteiger partial charge in [0.05, 0.1) is 10.6 Å². The zero-order valence-corrected chi connectivity index (χ0v) is 23.0. The predicted octanol–water partition coefficient (Wildman–Crippen LogP) is 4.57. The number of hydrogen-bond donors (Lipinski definition) is 1. The molecule has 7 nitrogen and oxygen atoms in total. The summed E-state index contributed by atoms with van der Waals surface area (Å²) in [6.07, 6.45) is 0.577. The number of hydrogen-bond acceptors (Lipinski definition) is 4. The van der Waals surface area contributed by atoms with Crippen LogP contribution in [0.5, 0.6) is 0 Å². The van der Waals surface area contributed by atoms with Crippen molar-refractivity contribution in [2.24, 2.45) is 0 Å². The number of likely N-dealkylation sites (N-methyl/N-ethyl adjacent to an activating group) is 1. The van der Waals surface area contributed by atoms with Crippen LogP contribution in [0.3, 0.4) is 0 Å². The molecule has 0 radical (unpaired) electrons. The number of carbonyl (C=O) groups excluding carboxylic acids is 2. The van der Waals surface area contributed by atoms with Gasteiger partial charge in [-0.1, -0.05) is 66.6 Å². The van der Waals surface area contributed by atoms with Crippen LogP contribution in [0.1, 0.15) is 30.5 Å². The molecule has 3 rings (SSSR count). The number of halogens is 1. The minimum atomic E-state index is -4.09. The van der Waals surface area contributed by atoms with Gasteiger partial charge >= 0.3 is 0 Å². The fourth-order valence-corrected chi connectivity index (χ4v) is 5.56. The molecule has 0 fully saturated rings. The van der Waals surface area contributed by atoms with E-state index in [0.717, 1.165) is 21.0 Å².